The molecule has 0 fully saturated rings. The van der Waals surface area contributed by atoms with Crippen LogP contribution in [-0.4, -0.2) is 40.9 Å². The molecule has 0 heterocycles. The summed E-state index contributed by atoms with van der Waals surface area (Å²) in [5, 5.41) is 0. The molecule has 0 N–H and O–H groups in total. The molecule has 0 aromatic heterocycles. The van der Waals surface area contributed by atoms with Gasteiger partial charge in [0.2, 0.25) is 0 Å². The van der Waals surface area contributed by atoms with Gasteiger partial charge in [-0.15, -0.1) is 0 Å². The van der Waals surface area contributed by atoms with E-state index < -0.39 is 5.64 Å². The Kier molecular flexibility index (Phi) is 7.11. The molecule has 0 bridgehead atoms. The molecule has 0 rings (SSSR count). The van der Waals surface area contributed by atoms with E-state index >= 15 is 0 Å². The summed E-state index contributed by atoms with van der Waals surface area (Å²) in [5.41, 5.74) is -1.67. The predicted octanol–water partition coefficient (Wildman–Crippen LogP) is 2.90. The third kappa shape index (κ3) is 3.62. The molecule has 0 aliphatic heterocycles. The van der Waals surface area contributed by atoms with E-state index in [0.717, 1.165) is 26.2 Å². The highest BCUT2D eigenvalue weighted by molar-refractivity contribution is 9.50. The SMILES string of the molecule is CCN(CC)[Si](Br)(Br)N(CC)CC. The van der Waals surface area contributed by atoms with Crippen LogP contribution in [0.15, 0.2) is 0 Å². The number of nitrogens with zero attached hydrogens (tertiary/aromatic N) is 2. The molecular formula is C8H20Br2N2Si. The normalized spacial score (nSPS) is 12.9. The Balaban J connectivity index is 4.48. The molecule has 0 atom stereocenters. The molecule has 5 heteroatoms. The van der Waals surface area contributed by atoms with Gasteiger partial charge in [-0.1, -0.05) is 58.3 Å². The third-order valence-electron chi connectivity index (χ3n) is 2.29. The van der Waals surface area contributed by atoms with Crippen molar-refractivity contribution >= 4 is 36.2 Å². The summed E-state index contributed by atoms with van der Waals surface area (Å²) >= 11 is 7.73. The number of hydrogen-bond donors (Lipinski definition) is 0. The minimum absolute atomic E-state index is 1.09. The first-order valence-corrected chi connectivity index (χ1v) is 11.3. The highest BCUT2D eigenvalue weighted by atomic mass is 79.9. The summed E-state index contributed by atoms with van der Waals surface area (Å²) in [6, 6.07) is 0. The Morgan fingerprint density at radius 2 is 1.00 bits per heavy atom. The fourth-order valence-electron chi connectivity index (χ4n) is 1.41. The molecule has 13 heavy (non-hydrogen) atoms. The van der Waals surface area contributed by atoms with E-state index in [2.05, 4.69) is 67.4 Å². The van der Waals surface area contributed by atoms with Crippen LogP contribution in [0.5, 0.6) is 0 Å². The fourth-order valence-corrected chi connectivity index (χ4v) is 9.35. The maximum absolute atomic E-state index is 3.86. The van der Waals surface area contributed by atoms with Crippen LogP contribution >= 0.6 is 30.6 Å². The quantitative estimate of drug-likeness (QED) is 0.545. The lowest BCUT2D eigenvalue weighted by Crippen LogP contribution is -2.57. The third-order valence-corrected chi connectivity index (χ3v) is 11.1. The molecule has 0 spiro atoms. The second-order valence-corrected chi connectivity index (χ2v) is 15.0. The van der Waals surface area contributed by atoms with Crippen molar-refractivity contribution < 1.29 is 0 Å². The minimum atomic E-state index is -1.67. The molecule has 0 saturated heterocycles. The molecule has 0 aliphatic rings. The predicted molar refractivity (Wildman–Crippen MR) is 69.5 cm³/mol. The smallest absolute Gasteiger partial charge is 0.295 e. The number of hydrogen-bond acceptors (Lipinski definition) is 2. The van der Waals surface area contributed by atoms with E-state index in [0.29, 0.717) is 0 Å². The summed E-state index contributed by atoms with van der Waals surface area (Å²) in [6.45, 7) is 13.2. The van der Waals surface area contributed by atoms with Crippen LogP contribution in [0.1, 0.15) is 27.7 Å². The molecule has 0 unspecified atom stereocenters. The van der Waals surface area contributed by atoms with Gasteiger partial charge in [0.05, 0.1) is 0 Å². The first-order valence-electron chi connectivity index (χ1n) is 4.92. The largest absolute Gasteiger partial charge is 0.354 e. The lowest BCUT2D eigenvalue weighted by molar-refractivity contribution is 0.391. The summed E-state index contributed by atoms with van der Waals surface area (Å²) in [4.78, 5) is 0. The molecule has 0 aromatic rings. The van der Waals surface area contributed by atoms with Gasteiger partial charge in [0.25, 0.3) is 0 Å². The second-order valence-electron chi connectivity index (χ2n) is 2.85. The van der Waals surface area contributed by atoms with Crippen LogP contribution in [-0.2, 0) is 0 Å². The van der Waals surface area contributed by atoms with Crippen molar-refractivity contribution in [3.63, 3.8) is 0 Å². The van der Waals surface area contributed by atoms with Gasteiger partial charge >= 0.3 is 5.64 Å². The molecule has 2 nitrogen and oxygen atoms in total. The lowest BCUT2D eigenvalue weighted by Gasteiger charge is -2.39. The lowest BCUT2D eigenvalue weighted by atomic mass is 10.7. The van der Waals surface area contributed by atoms with E-state index in [1.54, 1.807) is 0 Å². The van der Waals surface area contributed by atoms with E-state index in [4.69, 9.17) is 0 Å². The number of rotatable bonds is 6. The van der Waals surface area contributed by atoms with Gasteiger partial charge in [0.1, 0.15) is 0 Å². The van der Waals surface area contributed by atoms with Crippen molar-refractivity contribution in [2.24, 2.45) is 0 Å². The second kappa shape index (κ2) is 6.56. The molecule has 80 valence electrons. The van der Waals surface area contributed by atoms with Crippen molar-refractivity contribution in [1.29, 1.82) is 0 Å². The van der Waals surface area contributed by atoms with Gasteiger partial charge in [-0.2, -0.15) is 0 Å². The first kappa shape index (κ1) is 14.1. The maximum Gasteiger partial charge on any atom is 0.354 e. The zero-order chi connectivity index (χ0) is 10.5. The molecule has 0 aliphatic carbocycles. The summed E-state index contributed by atoms with van der Waals surface area (Å²) in [6.07, 6.45) is 0. The highest BCUT2D eigenvalue weighted by Gasteiger charge is 2.38. The van der Waals surface area contributed by atoms with Crippen LogP contribution in [0.2, 0.25) is 0 Å². The molecular weight excluding hydrogens is 312 g/mol. The van der Waals surface area contributed by atoms with Gasteiger partial charge < -0.3 is 0 Å². The van der Waals surface area contributed by atoms with Gasteiger partial charge in [-0.3, -0.25) is 9.13 Å². The van der Waals surface area contributed by atoms with Crippen LogP contribution in [0.25, 0.3) is 0 Å². The number of halogens is 2. The van der Waals surface area contributed by atoms with E-state index in [9.17, 15) is 0 Å². The Morgan fingerprint density at radius 1 is 0.769 bits per heavy atom. The van der Waals surface area contributed by atoms with Gasteiger partial charge in [0.15, 0.2) is 0 Å². The Labute approximate surface area is 99.0 Å². The van der Waals surface area contributed by atoms with Crippen molar-refractivity contribution in [3.05, 3.63) is 0 Å². The first-order chi connectivity index (χ1) is 6.04. The molecule has 0 radical (unpaired) electrons. The molecule has 0 aromatic carbocycles. The summed E-state index contributed by atoms with van der Waals surface area (Å²) in [5.74, 6) is 0. The molecule has 0 amide bonds. The van der Waals surface area contributed by atoms with Crippen LogP contribution in [0.4, 0.5) is 0 Å². The monoisotopic (exact) mass is 330 g/mol. The van der Waals surface area contributed by atoms with Crippen LogP contribution in [0, 0.1) is 0 Å². The van der Waals surface area contributed by atoms with Crippen molar-refractivity contribution in [3.8, 4) is 0 Å². The van der Waals surface area contributed by atoms with Crippen molar-refractivity contribution in [2.75, 3.05) is 26.2 Å². The zero-order valence-electron chi connectivity index (χ0n) is 8.98. The molecule has 0 saturated carbocycles. The standard InChI is InChI=1S/C8H20Br2N2Si/c1-5-11(6-2)13(9,10)12(7-3)8-4/h5-8H2,1-4H3. The van der Waals surface area contributed by atoms with E-state index in [1.807, 2.05) is 0 Å². The highest BCUT2D eigenvalue weighted by Crippen LogP contribution is 2.28. The van der Waals surface area contributed by atoms with Crippen LogP contribution in [0.3, 0.4) is 0 Å². The zero-order valence-corrected chi connectivity index (χ0v) is 13.2. The van der Waals surface area contributed by atoms with Crippen molar-refractivity contribution in [2.45, 2.75) is 27.7 Å². The van der Waals surface area contributed by atoms with Crippen molar-refractivity contribution in [1.82, 2.24) is 9.13 Å². The Hall–Kier alpha value is 1.10. The van der Waals surface area contributed by atoms with Gasteiger partial charge in [-0.25, -0.2) is 0 Å². The average molecular weight is 332 g/mol. The Bertz CT molecular complexity index is 122. The Morgan fingerprint density at radius 3 is 1.15 bits per heavy atom. The fraction of sp³-hybridized carbons (Fsp3) is 1.00. The maximum atomic E-state index is 3.86. The summed E-state index contributed by atoms with van der Waals surface area (Å²) < 4.78 is 4.94. The van der Waals surface area contributed by atoms with Gasteiger partial charge in [0, 0.05) is 0 Å². The van der Waals surface area contributed by atoms with Crippen LogP contribution < -0.4 is 0 Å². The summed E-state index contributed by atoms with van der Waals surface area (Å²) in [7, 11) is 0. The van der Waals surface area contributed by atoms with E-state index in [1.165, 1.54) is 0 Å². The average Bonchev–Trinajstić information content (AvgIpc) is 2.07. The topological polar surface area (TPSA) is 6.48 Å². The van der Waals surface area contributed by atoms with E-state index in [-0.39, 0.29) is 0 Å². The minimum Gasteiger partial charge on any atom is -0.295 e. The van der Waals surface area contributed by atoms with Gasteiger partial charge in [-0.05, 0) is 26.2 Å².